The largest absolute Gasteiger partial charge is 0.493 e. The Bertz CT molecular complexity index is 549. The van der Waals surface area contributed by atoms with Gasteiger partial charge in [0.25, 0.3) is 0 Å². The van der Waals surface area contributed by atoms with E-state index in [0.29, 0.717) is 0 Å². The third kappa shape index (κ3) is 1.95. The summed E-state index contributed by atoms with van der Waals surface area (Å²) in [5.41, 5.74) is -0.221. The van der Waals surface area contributed by atoms with Crippen molar-refractivity contribution >= 4 is 0 Å². The van der Waals surface area contributed by atoms with Crippen LogP contribution in [0, 0.1) is 11.6 Å². The van der Waals surface area contributed by atoms with Gasteiger partial charge < -0.3 is 9.84 Å². The molecule has 0 saturated heterocycles. The molecule has 0 saturated carbocycles. The number of hydrogen-bond donors (Lipinski definition) is 1. The van der Waals surface area contributed by atoms with E-state index in [1.165, 1.54) is 24.1 Å². The molecule has 1 aromatic carbocycles. The summed E-state index contributed by atoms with van der Waals surface area (Å²) in [6.07, 6.45) is -0.106. The first-order valence-corrected chi connectivity index (χ1v) is 5.24. The second-order valence-corrected chi connectivity index (χ2v) is 3.76. The number of hydrogen-bond acceptors (Lipinski definition) is 3. The smallest absolute Gasteiger partial charge is 0.162 e. The summed E-state index contributed by atoms with van der Waals surface area (Å²) in [6.45, 7) is 0. The van der Waals surface area contributed by atoms with E-state index in [1.807, 2.05) is 0 Å². The van der Waals surface area contributed by atoms with Crippen molar-refractivity contribution in [3.8, 4) is 5.75 Å². The molecule has 18 heavy (non-hydrogen) atoms. The molecule has 1 unspecified atom stereocenters. The molecule has 0 amide bonds. The van der Waals surface area contributed by atoms with Crippen molar-refractivity contribution in [2.24, 2.45) is 7.05 Å². The van der Waals surface area contributed by atoms with Crippen LogP contribution in [0.5, 0.6) is 5.75 Å². The molecular weight excluding hydrogens is 242 g/mol. The highest BCUT2D eigenvalue weighted by Crippen LogP contribution is 2.31. The van der Waals surface area contributed by atoms with Gasteiger partial charge in [0.1, 0.15) is 23.4 Å². The summed E-state index contributed by atoms with van der Waals surface area (Å²) in [7, 11) is 2.95. The van der Waals surface area contributed by atoms with Gasteiger partial charge in [-0.05, 0) is 12.1 Å². The fourth-order valence-corrected chi connectivity index (χ4v) is 1.80. The molecule has 0 aliphatic heterocycles. The predicted octanol–water partition coefficient (Wildman–Crippen LogP) is 1.79. The zero-order valence-corrected chi connectivity index (χ0v) is 9.89. The Labute approximate surface area is 102 Å². The van der Waals surface area contributed by atoms with E-state index in [1.54, 1.807) is 7.05 Å². The van der Waals surface area contributed by atoms with Crippen LogP contribution in [0.25, 0.3) is 0 Å². The van der Waals surface area contributed by atoms with E-state index in [4.69, 9.17) is 4.74 Å². The van der Waals surface area contributed by atoms with Gasteiger partial charge in [0.15, 0.2) is 5.75 Å². The van der Waals surface area contributed by atoms with Crippen LogP contribution in [0.1, 0.15) is 17.4 Å². The van der Waals surface area contributed by atoms with Crippen LogP contribution in [-0.4, -0.2) is 22.0 Å². The summed E-state index contributed by atoms with van der Waals surface area (Å²) in [5, 5.41) is 14.0. The lowest BCUT2D eigenvalue weighted by atomic mass is 10.0. The maximum absolute atomic E-state index is 13.6. The molecule has 0 aliphatic rings. The molecule has 2 rings (SSSR count). The number of methoxy groups -OCH3 is 1. The monoisotopic (exact) mass is 254 g/mol. The van der Waals surface area contributed by atoms with Gasteiger partial charge >= 0.3 is 0 Å². The molecule has 2 aromatic rings. The summed E-state index contributed by atoms with van der Waals surface area (Å²) >= 11 is 0. The van der Waals surface area contributed by atoms with Gasteiger partial charge in [-0.2, -0.15) is 5.10 Å². The highest BCUT2D eigenvalue weighted by molar-refractivity contribution is 5.35. The van der Waals surface area contributed by atoms with Gasteiger partial charge in [-0.3, -0.25) is 4.68 Å². The second-order valence-electron chi connectivity index (χ2n) is 3.76. The van der Waals surface area contributed by atoms with E-state index in [-0.39, 0.29) is 11.4 Å². The lowest BCUT2D eigenvalue weighted by molar-refractivity contribution is 0.194. The Kier molecular flexibility index (Phi) is 3.29. The van der Waals surface area contributed by atoms with Crippen LogP contribution in [0.4, 0.5) is 8.78 Å². The molecule has 0 aliphatic carbocycles. The Hall–Kier alpha value is -1.95. The van der Waals surface area contributed by atoms with Crippen molar-refractivity contribution < 1.29 is 18.6 Å². The minimum atomic E-state index is -1.48. The molecule has 1 atom stereocenters. The van der Waals surface area contributed by atoms with Crippen molar-refractivity contribution in [3.63, 3.8) is 0 Å². The normalized spacial score (nSPS) is 12.5. The van der Waals surface area contributed by atoms with Crippen LogP contribution in [0.3, 0.4) is 0 Å². The zero-order chi connectivity index (χ0) is 13.3. The number of nitrogens with zero attached hydrogens (tertiary/aromatic N) is 2. The molecule has 96 valence electrons. The van der Waals surface area contributed by atoms with Crippen LogP contribution >= 0.6 is 0 Å². The molecule has 6 heteroatoms. The number of aryl methyl sites for hydroxylation is 1. The Morgan fingerprint density at radius 1 is 1.33 bits per heavy atom. The quantitative estimate of drug-likeness (QED) is 0.908. The van der Waals surface area contributed by atoms with Gasteiger partial charge in [0, 0.05) is 7.05 Å². The highest BCUT2D eigenvalue weighted by Gasteiger charge is 2.25. The number of rotatable bonds is 3. The SMILES string of the molecule is COc1cnn(C)c1C(O)c1c(F)cccc1F. The van der Waals surface area contributed by atoms with Crippen LogP contribution < -0.4 is 4.74 Å². The first-order chi connectivity index (χ1) is 8.56. The lowest BCUT2D eigenvalue weighted by Crippen LogP contribution is -2.11. The fraction of sp³-hybridized carbons (Fsp3) is 0.250. The van der Waals surface area contributed by atoms with Crippen LogP contribution in [0.2, 0.25) is 0 Å². The zero-order valence-electron chi connectivity index (χ0n) is 9.89. The van der Waals surface area contributed by atoms with Gasteiger partial charge in [-0.15, -0.1) is 0 Å². The molecule has 1 heterocycles. The van der Waals surface area contributed by atoms with Crippen LogP contribution in [-0.2, 0) is 7.05 Å². The molecule has 0 spiro atoms. The first kappa shape index (κ1) is 12.5. The minimum absolute atomic E-state index is 0.196. The summed E-state index contributed by atoms with van der Waals surface area (Å²) in [4.78, 5) is 0. The Balaban J connectivity index is 2.54. The first-order valence-electron chi connectivity index (χ1n) is 5.24. The maximum atomic E-state index is 13.6. The van der Waals surface area contributed by atoms with Crippen LogP contribution in [0.15, 0.2) is 24.4 Å². The average molecular weight is 254 g/mol. The van der Waals surface area contributed by atoms with Crippen molar-refractivity contribution in [2.45, 2.75) is 6.10 Å². The number of aliphatic hydroxyl groups excluding tert-OH is 1. The number of benzene rings is 1. The number of aromatic nitrogens is 2. The third-order valence-corrected chi connectivity index (χ3v) is 2.70. The second kappa shape index (κ2) is 4.73. The van der Waals surface area contributed by atoms with E-state index in [0.717, 1.165) is 12.1 Å². The minimum Gasteiger partial charge on any atom is -0.493 e. The Morgan fingerprint density at radius 3 is 2.50 bits per heavy atom. The molecular formula is C12H12F2N2O2. The average Bonchev–Trinajstić information content (AvgIpc) is 2.70. The highest BCUT2D eigenvalue weighted by atomic mass is 19.1. The standard InChI is InChI=1S/C12H12F2N2O2/c1-16-11(9(18-2)6-15-16)12(17)10-7(13)4-3-5-8(10)14/h3-6,12,17H,1-2H3. The molecule has 0 bridgehead atoms. The van der Waals surface area contributed by atoms with Crippen molar-refractivity contribution in [2.75, 3.05) is 7.11 Å². The van der Waals surface area contributed by atoms with Crippen molar-refractivity contribution in [1.29, 1.82) is 0 Å². The van der Waals surface area contributed by atoms with Gasteiger partial charge in [-0.25, -0.2) is 8.78 Å². The third-order valence-electron chi connectivity index (χ3n) is 2.70. The fourth-order valence-electron chi connectivity index (χ4n) is 1.80. The topological polar surface area (TPSA) is 47.3 Å². The Morgan fingerprint density at radius 2 is 1.94 bits per heavy atom. The number of ether oxygens (including phenoxy) is 1. The van der Waals surface area contributed by atoms with E-state index in [9.17, 15) is 13.9 Å². The van der Waals surface area contributed by atoms with E-state index >= 15 is 0 Å². The number of aliphatic hydroxyl groups is 1. The molecule has 4 nitrogen and oxygen atoms in total. The maximum Gasteiger partial charge on any atom is 0.162 e. The number of halogens is 2. The van der Waals surface area contributed by atoms with Crippen molar-refractivity contribution in [1.82, 2.24) is 9.78 Å². The van der Waals surface area contributed by atoms with E-state index in [2.05, 4.69) is 5.10 Å². The summed E-state index contributed by atoms with van der Waals surface area (Å²) in [6, 6.07) is 3.41. The molecule has 0 fully saturated rings. The van der Waals surface area contributed by atoms with E-state index < -0.39 is 23.3 Å². The predicted molar refractivity (Wildman–Crippen MR) is 60.2 cm³/mol. The molecule has 0 radical (unpaired) electrons. The van der Waals surface area contributed by atoms with Gasteiger partial charge in [-0.1, -0.05) is 6.07 Å². The molecule has 1 N–H and O–H groups in total. The lowest BCUT2D eigenvalue weighted by Gasteiger charge is -2.14. The molecule has 1 aromatic heterocycles. The van der Waals surface area contributed by atoms with Crippen molar-refractivity contribution in [3.05, 3.63) is 47.3 Å². The van der Waals surface area contributed by atoms with Gasteiger partial charge in [0.2, 0.25) is 0 Å². The summed E-state index contributed by atoms with van der Waals surface area (Å²) < 4.78 is 33.5. The van der Waals surface area contributed by atoms with Gasteiger partial charge in [0.05, 0.1) is 18.9 Å². The summed E-state index contributed by atoms with van der Waals surface area (Å²) in [5.74, 6) is -1.36.